The summed E-state index contributed by atoms with van der Waals surface area (Å²) in [6.45, 7) is 17.0. The predicted octanol–water partition coefficient (Wildman–Crippen LogP) is 3.01. The molecule has 3 fully saturated rings. The third-order valence-corrected chi connectivity index (χ3v) is 6.88. The van der Waals surface area contributed by atoms with Crippen LogP contribution in [0.5, 0.6) is 0 Å². The first-order valence-corrected chi connectivity index (χ1v) is 9.18. The fraction of sp³-hybridized carbons (Fsp3) is 0.947. The largest absolute Gasteiger partial charge is 0.379 e. The first-order chi connectivity index (χ1) is 10.7. The number of hydrogen-bond acceptors (Lipinski definition) is 4. The monoisotopic (exact) mass is 323 g/mol. The average Bonchev–Trinajstić information content (AvgIpc) is 3.13. The Kier molecular flexibility index (Phi) is 5.59. The molecular formula is C19H37N3O. The number of nitrogens with one attached hydrogen (secondary N) is 1. The van der Waals surface area contributed by atoms with E-state index < -0.39 is 0 Å². The molecule has 1 aliphatic heterocycles. The second-order valence-corrected chi connectivity index (χ2v) is 9.23. The number of fused-ring (bicyclic) bond motifs is 1. The van der Waals surface area contributed by atoms with Crippen LogP contribution < -0.4 is 5.73 Å². The molecule has 134 valence electrons. The van der Waals surface area contributed by atoms with Crippen LogP contribution in [-0.4, -0.2) is 50.5 Å². The molecule has 0 aromatic heterocycles. The number of hydrogen-bond donors (Lipinski definition) is 2. The minimum absolute atomic E-state index is 0.0112. The third kappa shape index (κ3) is 3.97. The SMILES string of the molecule is CC(C)(C=N)CN1CCOCC1.CC1(C)C(CN)CC2CC21C. The number of nitrogens with two attached hydrogens (primary N) is 1. The van der Waals surface area contributed by atoms with E-state index in [1.165, 1.54) is 19.1 Å². The van der Waals surface area contributed by atoms with E-state index in [9.17, 15) is 0 Å². The van der Waals surface area contributed by atoms with Crippen LogP contribution in [0.15, 0.2) is 0 Å². The molecule has 1 heterocycles. The Morgan fingerprint density at radius 1 is 1.26 bits per heavy atom. The van der Waals surface area contributed by atoms with Crippen LogP contribution >= 0.6 is 0 Å². The molecule has 0 aromatic carbocycles. The van der Waals surface area contributed by atoms with Crippen LogP contribution in [0.2, 0.25) is 0 Å². The van der Waals surface area contributed by atoms with E-state index in [4.69, 9.17) is 15.9 Å². The standard InChI is InChI=1S/C10H19N.C9H18N2O/c1-9(2)8(6-11)4-7-5-10(7,9)3;1-9(2,7-10)8-11-3-5-12-6-4-11/h7-8H,4-6,11H2,1-3H3;7,10H,3-6,8H2,1-2H3. The molecule has 23 heavy (non-hydrogen) atoms. The fourth-order valence-corrected chi connectivity index (χ4v) is 4.46. The van der Waals surface area contributed by atoms with E-state index in [1.807, 2.05) is 0 Å². The van der Waals surface area contributed by atoms with Crippen molar-refractivity contribution in [3.8, 4) is 0 Å². The fourth-order valence-electron chi connectivity index (χ4n) is 4.46. The Balaban J connectivity index is 0.000000167. The van der Waals surface area contributed by atoms with Crippen molar-refractivity contribution in [1.82, 2.24) is 4.90 Å². The van der Waals surface area contributed by atoms with Crippen LogP contribution in [0.25, 0.3) is 0 Å². The summed E-state index contributed by atoms with van der Waals surface area (Å²) >= 11 is 0. The van der Waals surface area contributed by atoms with Gasteiger partial charge in [0.1, 0.15) is 0 Å². The van der Waals surface area contributed by atoms with Gasteiger partial charge in [-0.15, -0.1) is 0 Å². The van der Waals surface area contributed by atoms with Crippen LogP contribution in [0, 0.1) is 33.5 Å². The van der Waals surface area contributed by atoms with Crippen molar-refractivity contribution in [2.24, 2.45) is 33.8 Å². The van der Waals surface area contributed by atoms with Crippen molar-refractivity contribution >= 4 is 6.21 Å². The smallest absolute Gasteiger partial charge is 0.0594 e. The van der Waals surface area contributed by atoms with E-state index in [-0.39, 0.29) is 5.41 Å². The summed E-state index contributed by atoms with van der Waals surface area (Å²) in [4.78, 5) is 2.36. The van der Waals surface area contributed by atoms with Crippen molar-refractivity contribution in [3.05, 3.63) is 0 Å². The Morgan fingerprint density at radius 3 is 2.26 bits per heavy atom. The zero-order valence-electron chi connectivity index (χ0n) is 15.8. The van der Waals surface area contributed by atoms with Crippen LogP contribution in [0.3, 0.4) is 0 Å². The molecule has 2 aliphatic carbocycles. The predicted molar refractivity (Wildman–Crippen MR) is 97.0 cm³/mol. The topological polar surface area (TPSA) is 62.3 Å². The van der Waals surface area contributed by atoms with Crippen LogP contribution in [-0.2, 0) is 4.74 Å². The van der Waals surface area contributed by atoms with E-state index in [0.717, 1.165) is 51.2 Å². The van der Waals surface area contributed by atoms with Gasteiger partial charge in [-0.05, 0) is 42.1 Å². The minimum atomic E-state index is 0.0112. The Morgan fingerprint density at radius 2 is 1.87 bits per heavy atom. The zero-order valence-corrected chi connectivity index (χ0v) is 15.8. The molecule has 3 aliphatic rings. The highest BCUT2D eigenvalue weighted by atomic mass is 16.5. The zero-order chi connectivity index (χ0) is 17.3. The van der Waals surface area contributed by atoms with E-state index in [1.54, 1.807) is 0 Å². The Bertz CT molecular complexity index is 415. The normalized spacial score (nSPS) is 35.9. The van der Waals surface area contributed by atoms with Gasteiger partial charge in [-0.25, -0.2) is 0 Å². The van der Waals surface area contributed by atoms with Gasteiger partial charge in [0.25, 0.3) is 0 Å². The molecule has 3 N–H and O–H groups in total. The minimum Gasteiger partial charge on any atom is -0.379 e. The number of rotatable bonds is 4. The first-order valence-electron chi connectivity index (χ1n) is 9.18. The average molecular weight is 324 g/mol. The molecule has 0 aromatic rings. The van der Waals surface area contributed by atoms with Crippen molar-refractivity contribution in [3.63, 3.8) is 0 Å². The van der Waals surface area contributed by atoms with Gasteiger partial charge in [0, 0.05) is 31.3 Å². The van der Waals surface area contributed by atoms with Gasteiger partial charge in [-0.2, -0.15) is 0 Å². The maximum Gasteiger partial charge on any atom is 0.0594 e. The van der Waals surface area contributed by atoms with Gasteiger partial charge in [0.2, 0.25) is 0 Å². The molecule has 0 spiro atoms. The van der Waals surface area contributed by atoms with E-state index in [0.29, 0.717) is 10.8 Å². The first kappa shape index (κ1) is 18.9. The molecule has 4 heteroatoms. The van der Waals surface area contributed by atoms with E-state index >= 15 is 0 Å². The van der Waals surface area contributed by atoms with Gasteiger partial charge >= 0.3 is 0 Å². The molecule has 3 rings (SSSR count). The van der Waals surface area contributed by atoms with Crippen LogP contribution in [0.1, 0.15) is 47.5 Å². The molecule has 1 saturated heterocycles. The molecular weight excluding hydrogens is 286 g/mol. The second kappa shape index (κ2) is 6.81. The molecule has 0 bridgehead atoms. The van der Waals surface area contributed by atoms with Crippen molar-refractivity contribution < 1.29 is 4.74 Å². The highest BCUT2D eigenvalue weighted by Crippen LogP contribution is 2.73. The van der Waals surface area contributed by atoms with Gasteiger partial charge in [-0.1, -0.05) is 34.6 Å². The maximum absolute atomic E-state index is 7.24. The summed E-state index contributed by atoms with van der Waals surface area (Å²) in [6, 6.07) is 0. The van der Waals surface area contributed by atoms with Crippen molar-refractivity contribution in [2.75, 3.05) is 39.4 Å². The highest BCUT2D eigenvalue weighted by molar-refractivity contribution is 5.61. The summed E-state index contributed by atoms with van der Waals surface area (Å²) in [6.07, 6.45) is 4.37. The number of morpholine rings is 1. The van der Waals surface area contributed by atoms with Crippen molar-refractivity contribution in [1.29, 1.82) is 5.41 Å². The molecule has 3 atom stereocenters. The van der Waals surface area contributed by atoms with Crippen LogP contribution in [0.4, 0.5) is 0 Å². The number of nitrogens with zero attached hydrogens (tertiary/aromatic N) is 1. The second-order valence-electron chi connectivity index (χ2n) is 9.23. The lowest BCUT2D eigenvalue weighted by Gasteiger charge is -2.34. The molecule has 4 nitrogen and oxygen atoms in total. The lowest BCUT2D eigenvalue weighted by molar-refractivity contribution is 0.0289. The Hall–Kier alpha value is -0.450. The number of ether oxygens (including phenoxy) is 1. The van der Waals surface area contributed by atoms with Gasteiger partial charge in [0.05, 0.1) is 13.2 Å². The van der Waals surface area contributed by atoms with Gasteiger partial charge < -0.3 is 15.9 Å². The summed E-state index contributed by atoms with van der Waals surface area (Å²) in [7, 11) is 0. The lowest BCUT2D eigenvalue weighted by Crippen LogP contribution is -2.42. The summed E-state index contributed by atoms with van der Waals surface area (Å²) in [5.41, 5.74) is 6.92. The lowest BCUT2D eigenvalue weighted by atomic mass is 9.71. The summed E-state index contributed by atoms with van der Waals surface area (Å²) < 4.78 is 5.25. The molecule has 3 unspecified atom stereocenters. The summed E-state index contributed by atoms with van der Waals surface area (Å²) in [5.74, 6) is 1.79. The van der Waals surface area contributed by atoms with E-state index in [2.05, 4.69) is 39.5 Å². The highest BCUT2D eigenvalue weighted by Gasteiger charge is 2.66. The van der Waals surface area contributed by atoms with Gasteiger partial charge in [0.15, 0.2) is 0 Å². The van der Waals surface area contributed by atoms with Crippen molar-refractivity contribution in [2.45, 2.75) is 47.5 Å². The molecule has 0 radical (unpaired) electrons. The van der Waals surface area contributed by atoms with Gasteiger partial charge in [-0.3, -0.25) is 4.90 Å². The quantitative estimate of drug-likeness (QED) is 0.782. The molecule has 2 saturated carbocycles. The summed E-state index contributed by atoms with van der Waals surface area (Å²) in [5, 5.41) is 7.24. The maximum atomic E-state index is 7.24. The molecule has 0 amide bonds. The third-order valence-electron chi connectivity index (χ3n) is 6.88. The Labute approximate surface area is 142 Å².